The van der Waals surface area contributed by atoms with E-state index in [0.29, 0.717) is 12.2 Å². The molecule has 104 valence electrons. The molecule has 1 heteroatoms. The van der Waals surface area contributed by atoms with Crippen LogP contribution in [-0.4, -0.2) is 12.2 Å². The molecule has 0 spiro atoms. The maximum absolute atomic E-state index is 6.01. The average molecular weight is 242 g/mol. The summed E-state index contributed by atoms with van der Waals surface area (Å²) in [6, 6.07) is 0. The van der Waals surface area contributed by atoms with Crippen LogP contribution in [0.4, 0.5) is 0 Å². The predicted octanol–water partition coefficient (Wildman–Crippen LogP) is 5.72. The minimum Gasteiger partial charge on any atom is -0.376 e. The lowest BCUT2D eigenvalue weighted by Gasteiger charge is -2.19. The quantitative estimate of drug-likeness (QED) is 0.398. The van der Waals surface area contributed by atoms with E-state index in [9.17, 15) is 0 Å². The van der Waals surface area contributed by atoms with Crippen LogP contribution in [0.5, 0.6) is 0 Å². The van der Waals surface area contributed by atoms with Gasteiger partial charge in [0.1, 0.15) is 0 Å². The Morgan fingerprint density at radius 3 is 1.41 bits per heavy atom. The molecule has 0 saturated heterocycles. The Balaban J connectivity index is 3.35. The minimum absolute atomic E-state index is 0.452. The first kappa shape index (κ1) is 17.0. The van der Waals surface area contributed by atoms with E-state index < -0.39 is 0 Å². The number of ether oxygens (including phenoxy) is 1. The van der Waals surface area contributed by atoms with Gasteiger partial charge in [0, 0.05) is 0 Å². The van der Waals surface area contributed by atoms with Crippen molar-refractivity contribution in [1.29, 1.82) is 0 Å². The maximum Gasteiger partial charge on any atom is 0.0550 e. The molecule has 0 bridgehead atoms. The third kappa shape index (κ3) is 12.2. The van der Waals surface area contributed by atoms with Crippen LogP contribution in [0.25, 0.3) is 0 Å². The third-order valence-corrected chi connectivity index (χ3v) is 3.39. The van der Waals surface area contributed by atoms with Crippen molar-refractivity contribution in [1.82, 2.24) is 0 Å². The predicted molar refractivity (Wildman–Crippen MR) is 77.5 cm³/mol. The first-order valence-corrected chi connectivity index (χ1v) is 7.86. The lowest BCUT2D eigenvalue weighted by molar-refractivity contribution is -0.00229. The van der Waals surface area contributed by atoms with Gasteiger partial charge in [0.15, 0.2) is 0 Å². The lowest BCUT2D eigenvalue weighted by atomic mass is 10.1. The molecule has 1 nitrogen and oxygen atoms in total. The molecule has 0 saturated carbocycles. The number of hydrogen-bond donors (Lipinski definition) is 0. The molecule has 0 N–H and O–H groups in total. The highest BCUT2D eigenvalue weighted by Crippen LogP contribution is 2.13. The van der Waals surface area contributed by atoms with Gasteiger partial charge >= 0.3 is 0 Å². The normalized spacial score (nSPS) is 14.8. The van der Waals surface area contributed by atoms with E-state index in [0.717, 1.165) is 0 Å². The molecule has 0 aromatic carbocycles. The van der Waals surface area contributed by atoms with Gasteiger partial charge in [0.2, 0.25) is 0 Å². The molecule has 0 aromatic rings. The second-order valence-corrected chi connectivity index (χ2v) is 5.46. The van der Waals surface area contributed by atoms with Crippen LogP contribution >= 0.6 is 0 Å². The van der Waals surface area contributed by atoms with Crippen molar-refractivity contribution >= 4 is 0 Å². The summed E-state index contributed by atoms with van der Waals surface area (Å²) >= 11 is 0. The van der Waals surface area contributed by atoms with Gasteiger partial charge in [0.25, 0.3) is 0 Å². The highest BCUT2D eigenvalue weighted by atomic mass is 16.5. The van der Waals surface area contributed by atoms with Crippen molar-refractivity contribution in [3.8, 4) is 0 Å². The Hall–Kier alpha value is -0.0400. The summed E-state index contributed by atoms with van der Waals surface area (Å²) in [6.45, 7) is 8.99. The fourth-order valence-corrected chi connectivity index (χ4v) is 2.25. The van der Waals surface area contributed by atoms with E-state index in [2.05, 4.69) is 27.7 Å². The zero-order valence-corrected chi connectivity index (χ0v) is 12.6. The van der Waals surface area contributed by atoms with Crippen LogP contribution < -0.4 is 0 Å². The molecular weight excluding hydrogens is 208 g/mol. The Morgan fingerprint density at radius 1 is 0.647 bits per heavy atom. The molecule has 0 rings (SSSR count). The van der Waals surface area contributed by atoms with E-state index in [1.807, 2.05) is 0 Å². The van der Waals surface area contributed by atoms with Gasteiger partial charge in [-0.1, -0.05) is 65.2 Å². The number of unbranched alkanes of at least 4 members (excludes halogenated alkanes) is 6. The molecule has 0 fully saturated rings. The zero-order valence-electron chi connectivity index (χ0n) is 12.6. The topological polar surface area (TPSA) is 9.23 Å². The van der Waals surface area contributed by atoms with Crippen LogP contribution in [0, 0.1) is 0 Å². The van der Waals surface area contributed by atoms with Crippen LogP contribution in [0.3, 0.4) is 0 Å². The summed E-state index contributed by atoms with van der Waals surface area (Å²) in [5.74, 6) is 0. The molecule has 0 aliphatic heterocycles. The van der Waals surface area contributed by atoms with Gasteiger partial charge in [-0.05, 0) is 26.7 Å². The first-order chi connectivity index (χ1) is 8.20. The van der Waals surface area contributed by atoms with Crippen LogP contribution in [0.15, 0.2) is 0 Å². The Kier molecular flexibility index (Phi) is 12.4. The summed E-state index contributed by atoms with van der Waals surface area (Å²) < 4.78 is 6.01. The Bertz CT molecular complexity index is 128. The molecule has 2 atom stereocenters. The maximum atomic E-state index is 6.01. The van der Waals surface area contributed by atoms with E-state index >= 15 is 0 Å². The fraction of sp³-hybridized carbons (Fsp3) is 1.00. The van der Waals surface area contributed by atoms with E-state index in [4.69, 9.17) is 4.74 Å². The smallest absolute Gasteiger partial charge is 0.0550 e. The molecule has 0 heterocycles. The van der Waals surface area contributed by atoms with Crippen molar-refractivity contribution < 1.29 is 4.74 Å². The van der Waals surface area contributed by atoms with Crippen molar-refractivity contribution in [3.05, 3.63) is 0 Å². The molecule has 17 heavy (non-hydrogen) atoms. The SMILES string of the molecule is CCCCCC[C@H](C)O[C@@H](C)CCCCCC. The van der Waals surface area contributed by atoms with Crippen LogP contribution in [0.2, 0.25) is 0 Å². The largest absolute Gasteiger partial charge is 0.376 e. The van der Waals surface area contributed by atoms with E-state index in [1.165, 1.54) is 64.2 Å². The van der Waals surface area contributed by atoms with Crippen LogP contribution in [0.1, 0.15) is 91.9 Å². The summed E-state index contributed by atoms with van der Waals surface area (Å²) in [4.78, 5) is 0. The Labute approximate surface area is 109 Å². The third-order valence-electron chi connectivity index (χ3n) is 3.39. The summed E-state index contributed by atoms with van der Waals surface area (Å²) in [6.07, 6.45) is 14.2. The average Bonchev–Trinajstić information content (AvgIpc) is 2.30. The molecule has 0 amide bonds. The van der Waals surface area contributed by atoms with Gasteiger partial charge in [-0.2, -0.15) is 0 Å². The van der Waals surface area contributed by atoms with Gasteiger partial charge in [-0.3, -0.25) is 0 Å². The van der Waals surface area contributed by atoms with Gasteiger partial charge in [-0.25, -0.2) is 0 Å². The van der Waals surface area contributed by atoms with E-state index in [1.54, 1.807) is 0 Å². The molecular formula is C16H34O. The molecule has 0 unspecified atom stereocenters. The van der Waals surface area contributed by atoms with Crippen molar-refractivity contribution in [3.63, 3.8) is 0 Å². The fourth-order valence-electron chi connectivity index (χ4n) is 2.25. The van der Waals surface area contributed by atoms with E-state index in [-0.39, 0.29) is 0 Å². The standard InChI is InChI=1S/C16H34O/c1-5-7-9-11-13-15(3)17-16(4)14-12-10-8-6-2/h15-16H,5-14H2,1-4H3/t15-,16-/m0/s1. The highest BCUT2D eigenvalue weighted by molar-refractivity contribution is 4.57. The van der Waals surface area contributed by atoms with Gasteiger partial charge in [0.05, 0.1) is 12.2 Å². The van der Waals surface area contributed by atoms with Crippen molar-refractivity contribution in [2.24, 2.45) is 0 Å². The van der Waals surface area contributed by atoms with Crippen LogP contribution in [-0.2, 0) is 4.74 Å². The second kappa shape index (κ2) is 12.4. The highest BCUT2D eigenvalue weighted by Gasteiger charge is 2.08. The summed E-state index contributed by atoms with van der Waals surface area (Å²) in [5.41, 5.74) is 0. The lowest BCUT2D eigenvalue weighted by Crippen LogP contribution is -2.17. The zero-order chi connectivity index (χ0) is 12.9. The number of rotatable bonds is 12. The second-order valence-electron chi connectivity index (χ2n) is 5.46. The molecule has 0 aliphatic carbocycles. The summed E-state index contributed by atoms with van der Waals surface area (Å²) in [5, 5.41) is 0. The van der Waals surface area contributed by atoms with Crippen molar-refractivity contribution in [2.45, 2.75) is 104 Å². The Morgan fingerprint density at radius 2 is 1.06 bits per heavy atom. The molecule has 0 radical (unpaired) electrons. The molecule has 0 aromatic heterocycles. The van der Waals surface area contributed by atoms with Gasteiger partial charge < -0.3 is 4.74 Å². The monoisotopic (exact) mass is 242 g/mol. The summed E-state index contributed by atoms with van der Waals surface area (Å²) in [7, 11) is 0. The number of hydrogen-bond acceptors (Lipinski definition) is 1. The minimum atomic E-state index is 0.452. The first-order valence-electron chi connectivity index (χ1n) is 7.86. The molecule has 0 aliphatic rings. The van der Waals surface area contributed by atoms with Gasteiger partial charge in [-0.15, -0.1) is 0 Å². The van der Waals surface area contributed by atoms with Crippen molar-refractivity contribution in [2.75, 3.05) is 0 Å².